The molecule has 4 atom stereocenters. The third-order valence-corrected chi connectivity index (χ3v) is 7.08. The van der Waals surface area contributed by atoms with Gasteiger partial charge in [0.1, 0.15) is 5.94 Å². The highest BCUT2D eigenvalue weighted by Crippen LogP contribution is 2.44. The number of hydrazine groups is 1. The summed E-state index contributed by atoms with van der Waals surface area (Å²) in [7, 11) is 0. The van der Waals surface area contributed by atoms with E-state index >= 15 is 0 Å². The summed E-state index contributed by atoms with van der Waals surface area (Å²) in [4.78, 5) is 14.1. The van der Waals surface area contributed by atoms with Gasteiger partial charge in [-0.2, -0.15) is 0 Å². The summed E-state index contributed by atoms with van der Waals surface area (Å²) in [6, 6.07) is 20.4. The molecule has 0 saturated carbocycles. The molecule has 0 bridgehead atoms. The van der Waals surface area contributed by atoms with Gasteiger partial charge in [-0.3, -0.25) is 4.90 Å². The lowest BCUT2D eigenvalue weighted by atomic mass is 9.76. The van der Waals surface area contributed by atoms with Crippen molar-refractivity contribution in [1.82, 2.24) is 15.3 Å². The van der Waals surface area contributed by atoms with E-state index in [1.807, 2.05) is 6.07 Å². The van der Waals surface area contributed by atoms with Gasteiger partial charge in [-0.05, 0) is 48.8 Å². The Balaban J connectivity index is 1.40. The van der Waals surface area contributed by atoms with Crippen LogP contribution >= 0.6 is 0 Å². The fraction of sp³-hybridized carbons (Fsp3) is 0.440. The molecule has 4 nitrogen and oxygen atoms in total. The van der Waals surface area contributed by atoms with Gasteiger partial charge in [-0.1, -0.05) is 54.6 Å². The number of hydrogen-bond donors (Lipinski definition) is 1. The van der Waals surface area contributed by atoms with Crippen LogP contribution in [0, 0.1) is 5.92 Å². The fourth-order valence-electron chi connectivity index (χ4n) is 5.64. The van der Waals surface area contributed by atoms with Crippen molar-refractivity contribution < 1.29 is 4.79 Å². The Hall–Kier alpha value is -2.23. The summed E-state index contributed by atoms with van der Waals surface area (Å²) in [5.41, 5.74) is 8.38. The SMILES string of the molecule is C[C@@H](NN1CCC[C@H]2CN3CC(=C=O)c4ccccc4[C@H]3C[C@H]21)c1ccccc1. The van der Waals surface area contributed by atoms with Gasteiger partial charge >= 0.3 is 0 Å². The zero-order valence-electron chi connectivity index (χ0n) is 17.1. The number of benzene rings is 2. The molecule has 2 fully saturated rings. The van der Waals surface area contributed by atoms with Crippen LogP contribution < -0.4 is 5.43 Å². The Labute approximate surface area is 173 Å². The zero-order valence-corrected chi connectivity index (χ0v) is 17.1. The highest BCUT2D eigenvalue weighted by atomic mass is 16.1. The van der Waals surface area contributed by atoms with Crippen LogP contribution in [0.3, 0.4) is 0 Å². The van der Waals surface area contributed by atoms with Crippen LogP contribution in [0.2, 0.25) is 0 Å². The summed E-state index contributed by atoms with van der Waals surface area (Å²) < 4.78 is 0. The minimum Gasteiger partial charge on any atom is -0.291 e. The third-order valence-electron chi connectivity index (χ3n) is 7.08. The molecule has 2 aromatic rings. The lowest BCUT2D eigenvalue weighted by Crippen LogP contribution is -2.59. The Bertz CT molecular complexity index is 921. The second kappa shape index (κ2) is 7.89. The molecule has 3 aliphatic rings. The molecule has 2 aromatic carbocycles. The van der Waals surface area contributed by atoms with Gasteiger partial charge in [-0.15, -0.1) is 0 Å². The van der Waals surface area contributed by atoms with E-state index in [2.05, 4.69) is 76.7 Å². The maximum atomic E-state index is 11.6. The largest absolute Gasteiger partial charge is 0.291 e. The standard InChI is InChI=1S/C25H29N3O/c1-18(19-8-3-2-4-9-19)26-28-13-7-10-20-15-27-16-21(17-29)22-11-5-6-12-23(22)25(27)14-24(20)28/h2-6,8-9,11-12,18,20,24-26H,7,10,13-16H2,1H3/t18-,20+,24-,25-/m1/s1. The van der Waals surface area contributed by atoms with Crippen molar-refractivity contribution in [2.45, 2.75) is 44.3 Å². The van der Waals surface area contributed by atoms with E-state index in [9.17, 15) is 4.79 Å². The molecule has 1 N–H and O–H groups in total. The van der Waals surface area contributed by atoms with Crippen molar-refractivity contribution in [2.24, 2.45) is 5.92 Å². The van der Waals surface area contributed by atoms with Crippen molar-refractivity contribution in [3.8, 4) is 0 Å². The van der Waals surface area contributed by atoms with Gasteiger partial charge in [0.2, 0.25) is 0 Å². The molecular weight excluding hydrogens is 358 g/mol. The Morgan fingerprint density at radius 3 is 2.72 bits per heavy atom. The van der Waals surface area contributed by atoms with Gasteiger partial charge in [0.15, 0.2) is 0 Å². The maximum Gasteiger partial charge on any atom is 0.129 e. The number of hydrogen-bond acceptors (Lipinski definition) is 4. The van der Waals surface area contributed by atoms with Crippen LogP contribution in [-0.2, 0) is 4.79 Å². The quantitative estimate of drug-likeness (QED) is 0.808. The van der Waals surface area contributed by atoms with Gasteiger partial charge in [0.25, 0.3) is 0 Å². The van der Waals surface area contributed by atoms with Crippen LogP contribution in [0.15, 0.2) is 54.6 Å². The van der Waals surface area contributed by atoms with E-state index in [4.69, 9.17) is 0 Å². The van der Waals surface area contributed by atoms with Crippen molar-refractivity contribution >= 4 is 11.5 Å². The maximum absolute atomic E-state index is 11.6. The first kappa shape index (κ1) is 18.8. The normalized spacial score (nSPS) is 28.0. The topological polar surface area (TPSA) is 35.6 Å². The van der Waals surface area contributed by atoms with Gasteiger partial charge in [0, 0.05) is 37.8 Å². The summed E-state index contributed by atoms with van der Waals surface area (Å²) in [5.74, 6) is 2.87. The molecule has 0 aromatic heterocycles. The number of carbonyl (C=O) groups excluding carboxylic acids is 1. The van der Waals surface area contributed by atoms with Crippen LogP contribution in [0.4, 0.5) is 0 Å². The molecular formula is C25H29N3O. The lowest BCUT2D eigenvalue weighted by Gasteiger charge is -2.52. The van der Waals surface area contributed by atoms with E-state index in [1.54, 1.807) is 0 Å². The van der Waals surface area contributed by atoms with E-state index in [0.29, 0.717) is 24.0 Å². The first-order valence-corrected chi connectivity index (χ1v) is 10.9. The first-order chi connectivity index (χ1) is 14.2. The van der Waals surface area contributed by atoms with Crippen LogP contribution in [0.25, 0.3) is 5.57 Å². The average Bonchev–Trinajstić information content (AvgIpc) is 2.78. The highest BCUT2D eigenvalue weighted by molar-refractivity contribution is 5.90. The Kier molecular flexibility index (Phi) is 5.11. The molecule has 29 heavy (non-hydrogen) atoms. The second-order valence-corrected chi connectivity index (χ2v) is 8.77. The Morgan fingerprint density at radius 2 is 1.90 bits per heavy atom. The fourth-order valence-corrected chi connectivity index (χ4v) is 5.64. The van der Waals surface area contributed by atoms with Gasteiger partial charge < -0.3 is 0 Å². The van der Waals surface area contributed by atoms with E-state index < -0.39 is 0 Å². The molecule has 5 rings (SSSR count). The molecule has 0 radical (unpaired) electrons. The number of piperidine rings is 2. The third kappa shape index (κ3) is 3.47. The number of nitrogens with zero attached hydrogens (tertiary/aromatic N) is 2. The lowest BCUT2D eigenvalue weighted by molar-refractivity contribution is -0.0372. The average molecular weight is 388 g/mol. The molecule has 0 spiro atoms. The van der Waals surface area contributed by atoms with Crippen molar-refractivity contribution in [3.05, 3.63) is 71.3 Å². The van der Waals surface area contributed by atoms with Crippen LogP contribution in [0.5, 0.6) is 0 Å². The van der Waals surface area contributed by atoms with E-state index in [-0.39, 0.29) is 0 Å². The zero-order chi connectivity index (χ0) is 19.8. The molecule has 4 heteroatoms. The summed E-state index contributed by atoms with van der Waals surface area (Å²) in [6.07, 6.45) is 3.61. The molecule has 2 saturated heterocycles. The first-order valence-electron chi connectivity index (χ1n) is 10.9. The predicted molar refractivity (Wildman–Crippen MR) is 116 cm³/mol. The molecule has 150 valence electrons. The van der Waals surface area contributed by atoms with E-state index in [0.717, 1.165) is 37.2 Å². The van der Waals surface area contributed by atoms with Crippen LogP contribution in [-0.4, -0.2) is 41.5 Å². The highest BCUT2D eigenvalue weighted by Gasteiger charge is 2.43. The minimum absolute atomic E-state index is 0.302. The van der Waals surface area contributed by atoms with Crippen LogP contribution in [0.1, 0.15) is 55.0 Å². The van der Waals surface area contributed by atoms with Crippen molar-refractivity contribution in [1.29, 1.82) is 0 Å². The molecule has 0 aliphatic carbocycles. The van der Waals surface area contributed by atoms with Gasteiger partial charge in [0.05, 0.1) is 5.57 Å². The summed E-state index contributed by atoms with van der Waals surface area (Å²) >= 11 is 0. The minimum atomic E-state index is 0.302. The molecule has 0 unspecified atom stereocenters. The second-order valence-electron chi connectivity index (χ2n) is 8.77. The monoisotopic (exact) mass is 387 g/mol. The molecule has 0 amide bonds. The summed E-state index contributed by atoms with van der Waals surface area (Å²) in [5, 5.41) is 2.52. The molecule has 3 aliphatic heterocycles. The summed E-state index contributed by atoms with van der Waals surface area (Å²) in [6.45, 7) is 5.16. The smallest absolute Gasteiger partial charge is 0.129 e. The number of nitrogens with one attached hydrogen (secondary N) is 1. The van der Waals surface area contributed by atoms with Crippen molar-refractivity contribution in [2.75, 3.05) is 19.6 Å². The van der Waals surface area contributed by atoms with Gasteiger partial charge in [-0.25, -0.2) is 15.2 Å². The van der Waals surface area contributed by atoms with E-state index in [1.165, 1.54) is 24.0 Å². The predicted octanol–water partition coefficient (Wildman–Crippen LogP) is 4.01. The van der Waals surface area contributed by atoms with Crippen molar-refractivity contribution in [3.63, 3.8) is 0 Å². The Morgan fingerprint density at radius 1 is 1.10 bits per heavy atom. The number of fused-ring (bicyclic) bond motifs is 4. The molecule has 3 heterocycles. The number of rotatable bonds is 3.